The van der Waals surface area contributed by atoms with Gasteiger partial charge in [-0.1, -0.05) is 0 Å². The van der Waals surface area contributed by atoms with Crippen molar-refractivity contribution in [2.75, 3.05) is 6.61 Å². The molecule has 7 heteroatoms. The molecule has 6 nitrogen and oxygen atoms in total. The number of carbonyl (C=O) groups is 1. The number of hydrogen-bond donors (Lipinski definition) is 0. The zero-order valence-electron chi connectivity index (χ0n) is 13.9. The highest BCUT2D eigenvalue weighted by Gasteiger charge is 2.51. The van der Waals surface area contributed by atoms with Gasteiger partial charge in [-0.15, -0.1) is 0 Å². The Bertz CT molecular complexity index is 515. The van der Waals surface area contributed by atoms with Crippen LogP contribution in [-0.4, -0.2) is 40.9 Å². The summed E-state index contributed by atoms with van der Waals surface area (Å²) in [6.07, 6.45) is 4.12. The highest BCUT2D eigenvalue weighted by molar-refractivity contribution is 6.61. The normalized spacial score (nSPS) is 19.2. The van der Waals surface area contributed by atoms with Gasteiger partial charge < -0.3 is 14.0 Å². The van der Waals surface area contributed by atoms with Crippen LogP contribution in [0.3, 0.4) is 0 Å². The van der Waals surface area contributed by atoms with Crippen molar-refractivity contribution < 1.29 is 18.8 Å². The first-order valence-corrected chi connectivity index (χ1v) is 7.57. The molecule has 22 heavy (non-hydrogen) atoms. The van der Waals surface area contributed by atoms with Crippen molar-refractivity contribution >= 4 is 18.6 Å². The Balaban J connectivity index is 1.97. The fraction of sp³-hybridized carbons (Fsp3) is 0.667. The standard InChI is InChI=1S/C15H23BN2O4/c1-6-20-13(19)8-7-12-17-9-11(10-18-12)16-21-14(2,3)15(4,5)22-16/h9-10H,6-8H2,1-5H3. The molecule has 0 amide bonds. The molecule has 0 N–H and O–H groups in total. The van der Waals surface area contributed by atoms with E-state index in [2.05, 4.69) is 9.97 Å². The molecule has 0 saturated carbocycles. The van der Waals surface area contributed by atoms with E-state index in [9.17, 15) is 4.79 Å². The van der Waals surface area contributed by atoms with Gasteiger partial charge in [-0.05, 0) is 34.6 Å². The summed E-state index contributed by atoms with van der Waals surface area (Å²) in [6, 6.07) is 0. The lowest BCUT2D eigenvalue weighted by Gasteiger charge is -2.32. The number of aromatic nitrogens is 2. The molecule has 0 atom stereocenters. The number of rotatable bonds is 5. The number of esters is 1. The Morgan fingerprint density at radius 3 is 2.23 bits per heavy atom. The van der Waals surface area contributed by atoms with E-state index in [-0.39, 0.29) is 23.6 Å². The first kappa shape index (κ1) is 16.9. The number of nitrogens with zero attached hydrogens (tertiary/aromatic N) is 2. The summed E-state index contributed by atoms with van der Waals surface area (Å²) in [5, 5.41) is 0. The molecule has 0 radical (unpaired) electrons. The van der Waals surface area contributed by atoms with Crippen molar-refractivity contribution in [3.63, 3.8) is 0 Å². The van der Waals surface area contributed by atoms with Gasteiger partial charge in [-0.2, -0.15) is 0 Å². The fourth-order valence-electron chi connectivity index (χ4n) is 2.04. The van der Waals surface area contributed by atoms with Gasteiger partial charge in [0, 0.05) is 24.3 Å². The lowest BCUT2D eigenvalue weighted by Crippen LogP contribution is -2.41. The molecule has 0 spiro atoms. The summed E-state index contributed by atoms with van der Waals surface area (Å²) in [4.78, 5) is 19.9. The maximum absolute atomic E-state index is 11.3. The molecule has 0 aliphatic carbocycles. The van der Waals surface area contributed by atoms with Crippen LogP contribution in [0.2, 0.25) is 0 Å². The molecule has 0 bridgehead atoms. The lowest BCUT2D eigenvalue weighted by atomic mass is 9.81. The second-order valence-electron chi connectivity index (χ2n) is 6.33. The number of carbonyl (C=O) groups excluding carboxylic acids is 1. The molecular formula is C15H23BN2O4. The molecule has 1 aromatic rings. The van der Waals surface area contributed by atoms with E-state index >= 15 is 0 Å². The molecule has 1 aliphatic heterocycles. The molecule has 1 aromatic heterocycles. The maximum Gasteiger partial charge on any atom is 0.498 e. The van der Waals surface area contributed by atoms with Gasteiger partial charge in [0.1, 0.15) is 5.82 Å². The Labute approximate surface area is 131 Å². The van der Waals surface area contributed by atoms with E-state index in [1.54, 1.807) is 19.3 Å². The summed E-state index contributed by atoms with van der Waals surface area (Å²) in [6.45, 7) is 10.2. The largest absolute Gasteiger partial charge is 0.498 e. The Kier molecular flexibility index (Phi) is 4.87. The highest BCUT2D eigenvalue weighted by atomic mass is 16.7. The first-order chi connectivity index (χ1) is 10.2. The third kappa shape index (κ3) is 3.65. The topological polar surface area (TPSA) is 70.5 Å². The second-order valence-corrected chi connectivity index (χ2v) is 6.33. The van der Waals surface area contributed by atoms with Gasteiger partial charge >= 0.3 is 13.1 Å². The smallest absolute Gasteiger partial charge is 0.466 e. The predicted octanol–water partition coefficient (Wildman–Crippen LogP) is 1.27. The van der Waals surface area contributed by atoms with E-state index < -0.39 is 7.12 Å². The highest BCUT2D eigenvalue weighted by Crippen LogP contribution is 2.36. The second kappa shape index (κ2) is 6.34. The van der Waals surface area contributed by atoms with E-state index in [1.807, 2.05) is 27.7 Å². The third-order valence-electron chi connectivity index (χ3n) is 4.11. The molecule has 0 aromatic carbocycles. The van der Waals surface area contributed by atoms with Crippen LogP contribution in [-0.2, 0) is 25.3 Å². The predicted molar refractivity (Wildman–Crippen MR) is 82.7 cm³/mol. The number of ether oxygens (including phenoxy) is 1. The molecule has 2 heterocycles. The van der Waals surface area contributed by atoms with Gasteiger partial charge in [-0.25, -0.2) is 9.97 Å². The van der Waals surface area contributed by atoms with Crippen LogP contribution >= 0.6 is 0 Å². The Hall–Kier alpha value is -1.47. The van der Waals surface area contributed by atoms with Gasteiger partial charge in [0.2, 0.25) is 0 Å². The van der Waals surface area contributed by atoms with Crippen molar-refractivity contribution in [2.24, 2.45) is 0 Å². The average Bonchev–Trinajstić information content (AvgIpc) is 2.66. The SMILES string of the molecule is CCOC(=O)CCc1ncc(B2OC(C)(C)C(C)(C)O2)cn1. The van der Waals surface area contributed by atoms with E-state index in [4.69, 9.17) is 14.0 Å². The number of aryl methyl sites for hydroxylation is 1. The van der Waals surface area contributed by atoms with Crippen LogP contribution < -0.4 is 5.46 Å². The Morgan fingerprint density at radius 1 is 1.18 bits per heavy atom. The van der Waals surface area contributed by atoms with Crippen molar-refractivity contribution in [3.05, 3.63) is 18.2 Å². The summed E-state index contributed by atoms with van der Waals surface area (Å²) in [7, 11) is -0.468. The van der Waals surface area contributed by atoms with Crippen LogP contribution in [0.4, 0.5) is 0 Å². The minimum Gasteiger partial charge on any atom is -0.466 e. The first-order valence-electron chi connectivity index (χ1n) is 7.57. The molecule has 0 unspecified atom stereocenters. The van der Waals surface area contributed by atoms with Crippen LogP contribution in [0.5, 0.6) is 0 Å². The van der Waals surface area contributed by atoms with Gasteiger partial charge in [-0.3, -0.25) is 4.79 Å². The maximum atomic E-state index is 11.3. The third-order valence-corrected chi connectivity index (χ3v) is 4.11. The zero-order valence-corrected chi connectivity index (χ0v) is 13.9. The molecule has 2 rings (SSSR count). The summed E-state index contributed by atoms with van der Waals surface area (Å²) in [5.74, 6) is 0.370. The lowest BCUT2D eigenvalue weighted by molar-refractivity contribution is -0.143. The average molecular weight is 306 g/mol. The molecule has 1 aliphatic rings. The molecular weight excluding hydrogens is 283 g/mol. The van der Waals surface area contributed by atoms with Crippen LogP contribution in [0, 0.1) is 0 Å². The van der Waals surface area contributed by atoms with Crippen LogP contribution in [0.25, 0.3) is 0 Å². The monoisotopic (exact) mass is 306 g/mol. The zero-order chi connectivity index (χ0) is 16.4. The van der Waals surface area contributed by atoms with E-state index in [0.29, 0.717) is 18.9 Å². The summed E-state index contributed by atoms with van der Waals surface area (Å²) >= 11 is 0. The van der Waals surface area contributed by atoms with Crippen LogP contribution in [0.15, 0.2) is 12.4 Å². The minimum atomic E-state index is -0.468. The molecule has 120 valence electrons. The van der Waals surface area contributed by atoms with Gasteiger partial charge in [0.05, 0.1) is 24.2 Å². The van der Waals surface area contributed by atoms with Crippen molar-refractivity contribution in [2.45, 2.75) is 58.7 Å². The Morgan fingerprint density at radius 2 is 1.73 bits per heavy atom. The number of hydrogen-bond acceptors (Lipinski definition) is 6. The van der Waals surface area contributed by atoms with Crippen LogP contribution in [0.1, 0.15) is 46.9 Å². The van der Waals surface area contributed by atoms with Crippen molar-refractivity contribution in [3.8, 4) is 0 Å². The quantitative estimate of drug-likeness (QED) is 0.603. The van der Waals surface area contributed by atoms with E-state index in [1.165, 1.54) is 0 Å². The summed E-state index contributed by atoms with van der Waals surface area (Å²) < 4.78 is 16.8. The van der Waals surface area contributed by atoms with E-state index in [0.717, 1.165) is 5.46 Å². The molecule has 1 fully saturated rings. The fourth-order valence-corrected chi connectivity index (χ4v) is 2.04. The molecule has 1 saturated heterocycles. The minimum absolute atomic E-state index is 0.235. The van der Waals surface area contributed by atoms with Crippen molar-refractivity contribution in [1.29, 1.82) is 0 Å². The van der Waals surface area contributed by atoms with Gasteiger partial charge in [0.15, 0.2) is 0 Å². The van der Waals surface area contributed by atoms with Crippen molar-refractivity contribution in [1.82, 2.24) is 9.97 Å². The van der Waals surface area contributed by atoms with Gasteiger partial charge in [0.25, 0.3) is 0 Å². The summed E-state index contributed by atoms with van der Waals surface area (Å²) in [5.41, 5.74) is -0.000863.